The Labute approximate surface area is 173 Å². The lowest BCUT2D eigenvalue weighted by Crippen LogP contribution is -2.29. The molecule has 0 atom stereocenters. The van der Waals surface area contributed by atoms with Gasteiger partial charge >= 0.3 is 0 Å². The fourth-order valence-corrected chi connectivity index (χ4v) is 4.82. The van der Waals surface area contributed by atoms with Crippen LogP contribution in [0.2, 0.25) is 0 Å². The number of amides is 1. The number of thiocarbonyl (C=S) groups is 1. The molecule has 8 heteroatoms. The van der Waals surface area contributed by atoms with E-state index in [-0.39, 0.29) is 11.5 Å². The number of hydrogen-bond acceptors (Lipinski definition) is 6. The van der Waals surface area contributed by atoms with Crippen LogP contribution in [0.3, 0.4) is 0 Å². The number of rotatable bonds is 5. The van der Waals surface area contributed by atoms with Gasteiger partial charge in [0, 0.05) is 25.8 Å². The molecular weight excluding hydrogens is 392 g/mol. The minimum atomic E-state index is -0.161. The molecule has 0 unspecified atom stereocenters. The van der Waals surface area contributed by atoms with Gasteiger partial charge in [-0.15, -0.1) is 0 Å². The van der Waals surface area contributed by atoms with Crippen molar-refractivity contribution < 1.29 is 4.79 Å². The standard InChI is InChI=1S/C20H22N4O2S2/c1-2-3-11-24-19(26)15(28-20(24)27)13-14-17(22-9-6-7-10-22)21-16-8-4-5-12-23(16)18(14)25/h4-5,8,12-13H,2-3,6-7,9-11H2,1H3/b15-13+. The Morgan fingerprint density at radius 1 is 1.25 bits per heavy atom. The lowest BCUT2D eigenvalue weighted by molar-refractivity contribution is -0.122. The predicted molar refractivity (Wildman–Crippen MR) is 118 cm³/mol. The maximum Gasteiger partial charge on any atom is 0.267 e. The van der Waals surface area contributed by atoms with Crippen molar-refractivity contribution in [3.8, 4) is 0 Å². The van der Waals surface area contributed by atoms with Crippen molar-refractivity contribution >= 4 is 51.7 Å². The molecule has 4 heterocycles. The fraction of sp³-hybridized carbons (Fsp3) is 0.400. The van der Waals surface area contributed by atoms with Crippen LogP contribution < -0.4 is 10.5 Å². The number of pyridine rings is 1. The number of anilines is 1. The van der Waals surface area contributed by atoms with Crippen LogP contribution in [0.5, 0.6) is 0 Å². The highest BCUT2D eigenvalue weighted by molar-refractivity contribution is 8.26. The number of thioether (sulfide) groups is 1. The van der Waals surface area contributed by atoms with E-state index in [1.165, 1.54) is 16.2 Å². The Morgan fingerprint density at radius 3 is 2.79 bits per heavy atom. The molecule has 0 aromatic carbocycles. The molecule has 2 aromatic rings. The van der Waals surface area contributed by atoms with Crippen LogP contribution in [-0.2, 0) is 4.79 Å². The molecule has 0 N–H and O–H groups in total. The second kappa shape index (κ2) is 8.05. The van der Waals surface area contributed by atoms with Crippen molar-refractivity contribution in [1.29, 1.82) is 0 Å². The van der Waals surface area contributed by atoms with Crippen molar-refractivity contribution in [2.75, 3.05) is 24.5 Å². The van der Waals surface area contributed by atoms with Crippen LogP contribution in [-0.4, -0.2) is 44.1 Å². The Morgan fingerprint density at radius 2 is 2.04 bits per heavy atom. The Balaban J connectivity index is 1.81. The second-order valence-electron chi connectivity index (χ2n) is 6.96. The van der Waals surface area contributed by atoms with E-state index in [0.717, 1.165) is 38.8 Å². The molecule has 0 bridgehead atoms. The summed E-state index contributed by atoms with van der Waals surface area (Å²) in [5, 5.41) is 0. The van der Waals surface area contributed by atoms with E-state index in [0.29, 0.717) is 32.8 Å². The van der Waals surface area contributed by atoms with E-state index < -0.39 is 0 Å². The zero-order valence-electron chi connectivity index (χ0n) is 15.8. The third-order valence-electron chi connectivity index (χ3n) is 5.04. The van der Waals surface area contributed by atoms with Gasteiger partial charge in [0.15, 0.2) is 0 Å². The minimum absolute atomic E-state index is 0.117. The topological polar surface area (TPSA) is 57.9 Å². The van der Waals surface area contributed by atoms with Crippen LogP contribution in [0.15, 0.2) is 34.1 Å². The summed E-state index contributed by atoms with van der Waals surface area (Å²) >= 11 is 6.66. The molecule has 6 nitrogen and oxygen atoms in total. The molecule has 4 rings (SSSR count). The number of nitrogens with zero attached hydrogens (tertiary/aromatic N) is 4. The van der Waals surface area contributed by atoms with Crippen LogP contribution in [0.4, 0.5) is 5.82 Å². The summed E-state index contributed by atoms with van der Waals surface area (Å²) in [5.74, 6) is 0.543. The molecule has 146 valence electrons. The SMILES string of the molecule is CCCCN1C(=O)/C(=C\c2c(N3CCCC3)nc3ccccn3c2=O)SC1=S. The van der Waals surface area contributed by atoms with Gasteiger partial charge in [0.1, 0.15) is 15.8 Å². The predicted octanol–water partition coefficient (Wildman–Crippen LogP) is 3.30. The zero-order chi connectivity index (χ0) is 19.7. The first-order chi connectivity index (χ1) is 13.6. The van der Waals surface area contributed by atoms with Gasteiger partial charge in [-0.05, 0) is 37.5 Å². The molecule has 0 saturated carbocycles. The number of carbonyl (C=O) groups is 1. The van der Waals surface area contributed by atoms with Crippen LogP contribution >= 0.6 is 24.0 Å². The van der Waals surface area contributed by atoms with E-state index in [9.17, 15) is 9.59 Å². The molecular formula is C20H22N4O2S2. The molecule has 2 aliphatic heterocycles. The average molecular weight is 415 g/mol. The van der Waals surface area contributed by atoms with Crippen molar-refractivity contribution in [2.24, 2.45) is 0 Å². The molecule has 0 radical (unpaired) electrons. The zero-order valence-corrected chi connectivity index (χ0v) is 17.4. The molecule has 0 spiro atoms. The summed E-state index contributed by atoms with van der Waals surface area (Å²) in [6.07, 6.45) is 7.45. The maximum atomic E-state index is 13.2. The average Bonchev–Trinajstić information content (AvgIpc) is 3.32. The maximum absolute atomic E-state index is 13.2. The first-order valence-corrected chi connectivity index (χ1v) is 10.8. The van der Waals surface area contributed by atoms with Gasteiger partial charge in [-0.3, -0.25) is 18.9 Å². The lowest BCUT2D eigenvalue weighted by Gasteiger charge is -2.19. The summed E-state index contributed by atoms with van der Waals surface area (Å²) in [5.41, 5.74) is 0.912. The summed E-state index contributed by atoms with van der Waals surface area (Å²) in [6, 6.07) is 5.50. The van der Waals surface area contributed by atoms with Gasteiger partial charge in [0.05, 0.1) is 10.5 Å². The van der Waals surface area contributed by atoms with Crippen LogP contribution in [0, 0.1) is 0 Å². The highest BCUT2D eigenvalue weighted by atomic mass is 32.2. The van der Waals surface area contributed by atoms with Crippen molar-refractivity contribution in [3.05, 3.63) is 45.2 Å². The normalized spacial score (nSPS) is 18.8. The molecule has 1 amide bonds. The van der Waals surface area contributed by atoms with Crippen molar-refractivity contribution in [1.82, 2.24) is 14.3 Å². The highest BCUT2D eigenvalue weighted by Crippen LogP contribution is 2.34. The number of carbonyl (C=O) groups excluding carboxylic acids is 1. The molecule has 2 aliphatic rings. The third kappa shape index (κ3) is 3.46. The van der Waals surface area contributed by atoms with Crippen molar-refractivity contribution in [2.45, 2.75) is 32.6 Å². The lowest BCUT2D eigenvalue weighted by atomic mass is 10.2. The number of fused-ring (bicyclic) bond motifs is 1. The fourth-order valence-electron chi connectivity index (χ4n) is 3.53. The van der Waals surface area contributed by atoms with Gasteiger partial charge in [0.25, 0.3) is 11.5 Å². The summed E-state index contributed by atoms with van der Waals surface area (Å²) in [6.45, 7) is 4.44. The monoisotopic (exact) mass is 414 g/mol. The molecule has 0 aliphatic carbocycles. The van der Waals surface area contributed by atoms with Crippen LogP contribution in [0.25, 0.3) is 11.7 Å². The Hall–Kier alpha value is -2.19. The van der Waals surface area contributed by atoms with Gasteiger partial charge < -0.3 is 4.90 Å². The number of unbranched alkanes of at least 4 members (excludes halogenated alkanes) is 1. The van der Waals surface area contributed by atoms with E-state index in [1.807, 2.05) is 12.1 Å². The quantitative estimate of drug-likeness (QED) is 0.553. The Kier molecular flexibility index (Phi) is 5.50. The minimum Gasteiger partial charge on any atom is -0.356 e. The first-order valence-electron chi connectivity index (χ1n) is 9.62. The summed E-state index contributed by atoms with van der Waals surface area (Å²) in [4.78, 5) is 35.1. The van der Waals surface area contributed by atoms with Crippen molar-refractivity contribution in [3.63, 3.8) is 0 Å². The van der Waals surface area contributed by atoms with Gasteiger partial charge in [-0.25, -0.2) is 4.98 Å². The van der Waals surface area contributed by atoms with E-state index >= 15 is 0 Å². The molecule has 2 fully saturated rings. The smallest absolute Gasteiger partial charge is 0.267 e. The van der Waals surface area contributed by atoms with Gasteiger partial charge in [-0.2, -0.15) is 0 Å². The Bertz CT molecular complexity index is 1020. The van der Waals surface area contributed by atoms with E-state index in [2.05, 4.69) is 11.8 Å². The van der Waals surface area contributed by atoms with Gasteiger partial charge in [-0.1, -0.05) is 43.4 Å². The summed E-state index contributed by atoms with van der Waals surface area (Å²) in [7, 11) is 0. The number of hydrogen-bond donors (Lipinski definition) is 0. The summed E-state index contributed by atoms with van der Waals surface area (Å²) < 4.78 is 2.09. The number of aromatic nitrogens is 2. The second-order valence-corrected chi connectivity index (χ2v) is 8.64. The molecule has 2 saturated heterocycles. The van der Waals surface area contributed by atoms with E-state index in [1.54, 1.807) is 23.2 Å². The van der Waals surface area contributed by atoms with E-state index in [4.69, 9.17) is 17.2 Å². The molecule has 2 aromatic heterocycles. The third-order valence-corrected chi connectivity index (χ3v) is 6.42. The molecule has 28 heavy (non-hydrogen) atoms. The van der Waals surface area contributed by atoms with Crippen LogP contribution in [0.1, 0.15) is 38.2 Å². The largest absolute Gasteiger partial charge is 0.356 e. The highest BCUT2D eigenvalue weighted by Gasteiger charge is 2.32. The van der Waals surface area contributed by atoms with Gasteiger partial charge in [0.2, 0.25) is 0 Å². The first kappa shape index (κ1) is 19.1.